The Labute approximate surface area is 117 Å². The van der Waals surface area contributed by atoms with Crippen LogP contribution in [-0.2, 0) is 6.54 Å². The van der Waals surface area contributed by atoms with Crippen LogP contribution in [0.3, 0.4) is 0 Å². The topological polar surface area (TPSA) is 30.7 Å². The van der Waals surface area contributed by atoms with E-state index < -0.39 is 0 Å². The third kappa shape index (κ3) is 3.72. The summed E-state index contributed by atoms with van der Waals surface area (Å²) >= 11 is 12.0. The molecule has 0 spiro atoms. The molecule has 0 aliphatic heterocycles. The van der Waals surface area contributed by atoms with Crippen molar-refractivity contribution < 1.29 is 0 Å². The first kappa shape index (κ1) is 13.4. The summed E-state index contributed by atoms with van der Waals surface area (Å²) in [5, 5.41) is 5.01. The summed E-state index contributed by atoms with van der Waals surface area (Å²) < 4.78 is 1.83. The number of nitrogens with zero attached hydrogens (tertiary/aromatic N) is 3. The average Bonchev–Trinajstić information content (AvgIpc) is 2.81. The van der Waals surface area contributed by atoms with E-state index >= 15 is 0 Å². The van der Waals surface area contributed by atoms with Crippen LogP contribution < -0.4 is 0 Å². The van der Waals surface area contributed by atoms with E-state index in [0.29, 0.717) is 5.92 Å². The predicted octanol–water partition coefficient (Wildman–Crippen LogP) is 3.73. The molecule has 5 heteroatoms. The van der Waals surface area contributed by atoms with Gasteiger partial charge in [-0.15, -0.1) is 11.6 Å². The molecule has 0 fully saturated rings. The monoisotopic (exact) mass is 283 g/mol. The third-order valence-electron chi connectivity index (χ3n) is 2.82. The van der Waals surface area contributed by atoms with Gasteiger partial charge >= 0.3 is 0 Å². The van der Waals surface area contributed by atoms with Gasteiger partial charge in [-0.2, -0.15) is 5.10 Å². The van der Waals surface area contributed by atoms with Crippen molar-refractivity contribution in [3.05, 3.63) is 47.5 Å². The molecule has 0 aliphatic rings. The normalized spacial score (nSPS) is 14.4. The van der Waals surface area contributed by atoms with Crippen LogP contribution in [0.1, 0.15) is 24.8 Å². The predicted molar refractivity (Wildman–Crippen MR) is 74.1 cm³/mol. The number of halogens is 2. The summed E-state index contributed by atoms with van der Waals surface area (Å²) in [5.74, 6) is 0.316. The lowest BCUT2D eigenvalue weighted by atomic mass is 9.94. The van der Waals surface area contributed by atoms with E-state index in [4.69, 9.17) is 23.2 Å². The molecular weight excluding hydrogens is 269 g/mol. The van der Waals surface area contributed by atoms with Gasteiger partial charge in [0.1, 0.15) is 12.7 Å². The van der Waals surface area contributed by atoms with Crippen molar-refractivity contribution in [2.75, 3.05) is 0 Å². The number of rotatable bonds is 5. The molecule has 1 heterocycles. The highest BCUT2D eigenvalue weighted by Gasteiger charge is 2.15. The molecular formula is C13H15Cl2N3. The van der Waals surface area contributed by atoms with Crippen molar-refractivity contribution in [2.24, 2.45) is 0 Å². The number of benzene rings is 1. The molecule has 2 unspecified atom stereocenters. The fraction of sp³-hybridized carbons (Fsp3) is 0.385. The maximum atomic E-state index is 6.12. The summed E-state index contributed by atoms with van der Waals surface area (Å²) in [6.45, 7) is 2.78. The zero-order valence-corrected chi connectivity index (χ0v) is 11.6. The van der Waals surface area contributed by atoms with Crippen molar-refractivity contribution in [2.45, 2.75) is 31.2 Å². The largest absolute Gasteiger partial charge is 0.252 e. The molecule has 18 heavy (non-hydrogen) atoms. The molecule has 0 bridgehead atoms. The summed E-state index contributed by atoms with van der Waals surface area (Å²) in [4.78, 5) is 3.96. The molecule has 0 amide bonds. The van der Waals surface area contributed by atoms with Gasteiger partial charge in [-0.3, -0.25) is 4.68 Å². The Morgan fingerprint density at radius 1 is 1.28 bits per heavy atom. The van der Waals surface area contributed by atoms with Crippen molar-refractivity contribution in [3.63, 3.8) is 0 Å². The minimum Gasteiger partial charge on any atom is -0.252 e. The molecule has 96 valence electrons. The van der Waals surface area contributed by atoms with Crippen molar-refractivity contribution in [1.82, 2.24) is 14.8 Å². The number of hydrogen-bond acceptors (Lipinski definition) is 2. The first-order valence-electron chi connectivity index (χ1n) is 5.87. The van der Waals surface area contributed by atoms with Crippen LogP contribution in [0.5, 0.6) is 0 Å². The lowest BCUT2D eigenvalue weighted by Crippen LogP contribution is -2.13. The number of hydrogen-bond donors (Lipinski definition) is 0. The smallest absolute Gasteiger partial charge is 0.137 e. The zero-order valence-electron chi connectivity index (χ0n) is 10.1. The molecule has 0 aliphatic carbocycles. The summed E-state index contributed by atoms with van der Waals surface area (Å²) in [6.07, 6.45) is 4.16. The lowest BCUT2D eigenvalue weighted by molar-refractivity contribution is 0.486. The Hall–Kier alpha value is -1.06. The van der Waals surface area contributed by atoms with Crippen LogP contribution >= 0.6 is 23.2 Å². The van der Waals surface area contributed by atoms with Crippen LogP contribution in [-0.4, -0.2) is 20.1 Å². The van der Waals surface area contributed by atoms with Crippen molar-refractivity contribution in [3.8, 4) is 0 Å². The minimum absolute atomic E-state index is 0.120. The SMILES string of the molecule is CC(Cl)CC(Cn1cncn1)c1ccc(Cl)cc1. The molecule has 0 saturated carbocycles. The zero-order chi connectivity index (χ0) is 13.0. The molecule has 1 aromatic heterocycles. The van der Waals surface area contributed by atoms with Gasteiger partial charge < -0.3 is 0 Å². The second kappa shape index (κ2) is 6.21. The molecule has 2 aromatic rings. The Bertz CT molecular complexity index is 465. The lowest BCUT2D eigenvalue weighted by Gasteiger charge is -2.18. The average molecular weight is 284 g/mol. The highest BCUT2D eigenvalue weighted by molar-refractivity contribution is 6.30. The highest BCUT2D eigenvalue weighted by Crippen LogP contribution is 2.26. The van der Waals surface area contributed by atoms with Gasteiger partial charge in [0, 0.05) is 22.9 Å². The van der Waals surface area contributed by atoms with Gasteiger partial charge in [0.15, 0.2) is 0 Å². The van der Waals surface area contributed by atoms with Gasteiger partial charge in [-0.25, -0.2) is 4.98 Å². The number of alkyl halides is 1. The van der Waals surface area contributed by atoms with Gasteiger partial charge in [-0.1, -0.05) is 23.7 Å². The van der Waals surface area contributed by atoms with Crippen molar-refractivity contribution in [1.29, 1.82) is 0 Å². The highest BCUT2D eigenvalue weighted by atomic mass is 35.5. The van der Waals surface area contributed by atoms with Crippen molar-refractivity contribution >= 4 is 23.2 Å². The fourth-order valence-electron chi connectivity index (χ4n) is 2.00. The Balaban J connectivity index is 2.16. The van der Waals surface area contributed by atoms with E-state index in [9.17, 15) is 0 Å². The molecule has 2 atom stereocenters. The Morgan fingerprint density at radius 2 is 2.00 bits per heavy atom. The van der Waals surface area contributed by atoms with Crippen LogP contribution in [0.2, 0.25) is 5.02 Å². The first-order valence-corrected chi connectivity index (χ1v) is 6.68. The van der Waals surface area contributed by atoms with E-state index in [1.165, 1.54) is 5.56 Å². The summed E-state index contributed by atoms with van der Waals surface area (Å²) in [6, 6.07) is 7.90. The van der Waals surface area contributed by atoms with E-state index in [1.807, 2.05) is 35.9 Å². The van der Waals surface area contributed by atoms with E-state index in [-0.39, 0.29) is 5.38 Å². The molecule has 0 saturated heterocycles. The minimum atomic E-state index is 0.120. The standard InChI is InChI=1S/C13H15Cl2N3/c1-10(14)6-12(7-18-9-16-8-17-18)11-2-4-13(15)5-3-11/h2-5,8-10,12H,6-7H2,1H3. The van der Waals surface area contributed by atoms with E-state index in [2.05, 4.69) is 10.1 Å². The van der Waals surface area contributed by atoms with Gasteiger partial charge in [0.25, 0.3) is 0 Å². The quantitative estimate of drug-likeness (QED) is 0.783. The molecule has 0 N–H and O–H groups in total. The Kier molecular flexibility index (Phi) is 4.61. The second-order valence-corrected chi connectivity index (χ2v) is 5.56. The van der Waals surface area contributed by atoms with Crippen LogP contribution in [0, 0.1) is 0 Å². The van der Waals surface area contributed by atoms with E-state index in [0.717, 1.165) is 18.0 Å². The van der Waals surface area contributed by atoms with Gasteiger partial charge in [0.05, 0.1) is 0 Å². The second-order valence-electron chi connectivity index (χ2n) is 4.38. The summed E-state index contributed by atoms with van der Waals surface area (Å²) in [5.41, 5.74) is 1.22. The summed E-state index contributed by atoms with van der Waals surface area (Å²) in [7, 11) is 0. The maximum Gasteiger partial charge on any atom is 0.137 e. The van der Waals surface area contributed by atoms with Crippen LogP contribution in [0.4, 0.5) is 0 Å². The fourth-order valence-corrected chi connectivity index (χ4v) is 2.34. The first-order chi connectivity index (χ1) is 8.65. The van der Waals surface area contributed by atoms with Crippen LogP contribution in [0.25, 0.3) is 0 Å². The molecule has 2 rings (SSSR count). The number of aromatic nitrogens is 3. The van der Waals surface area contributed by atoms with Gasteiger partial charge in [-0.05, 0) is 31.0 Å². The molecule has 3 nitrogen and oxygen atoms in total. The maximum absolute atomic E-state index is 6.12. The molecule has 0 radical (unpaired) electrons. The Morgan fingerprint density at radius 3 is 2.56 bits per heavy atom. The third-order valence-corrected chi connectivity index (χ3v) is 3.25. The van der Waals surface area contributed by atoms with Gasteiger partial charge in [0.2, 0.25) is 0 Å². The van der Waals surface area contributed by atoms with Crippen LogP contribution in [0.15, 0.2) is 36.9 Å². The molecule has 1 aromatic carbocycles. The van der Waals surface area contributed by atoms with E-state index in [1.54, 1.807) is 12.7 Å².